The molecule has 3 nitrogen and oxygen atoms in total. The summed E-state index contributed by atoms with van der Waals surface area (Å²) in [5, 5.41) is 0. The molecule has 0 aliphatic heterocycles. The van der Waals surface area contributed by atoms with Crippen LogP contribution in [-0.2, 0) is 15.9 Å². The molecule has 1 unspecified atom stereocenters. The van der Waals surface area contributed by atoms with E-state index in [0.29, 0.717) is 13.0 Å². The Morgan fingerprint density at radius 2 is 1.68 bits per heavy atom. The van der Waals surface area contributed by atoms with Crippen molar-refractivity contribution in [3.63, 3.8) is 0 Å². The first-order valence-corrected chi connectivity index (χ1v) is 7.38. The highest BCUT2D eigenvalue weighted by molar-refractivity contribution is 5.61. The predicted molar refractivity (Wildman–Crippen MR) is 87.5 cm³/mol. The fraction of sp³-hybridized carbons (Fsp3) is 0.211. The third-order valence-electron chi connectivity index (χ3n) is 3.09. The quantitative estimate of drug-likeness (QED) is 0.737. The van der Waals surface area contributed by atoms with Crippen LogP contribution in [0, 0.1) is 0 Å². The van der Waals surface area contributed by atoms with Crippen molar-refractivity contribution >= 4 is 12.2 Å². The van der Waals surface area contributed by atoms with Gasteiger partial charge in [0.25, 0.3) is 0 Å². The lowest BCUT2D eigenvalue weighted by atomic mass is 10.1. The number of hydrogen-bond donors (Lipinski definition) is 0. The van der Waals surface area contributed by atoms with Gasteiger partial charge in [0.2, 0.25) is 0 Å². The second-order valence-electron chi connectivity index (χ2n) is 4.80. The molecule has 0 aromatic heterocycles. The van der Waals surface area contributed by atoms with Crippen molar-refractivity contribution < 1.29 is 14.3 Å². The second-order valence-corrected chi connectivity index (χ2v) is 4.80. The molecular formula is C19H20O3. The zero-order valence-corrected chi connectivity index (χ0v) is 12.6. The summed E-state index contributed by atoms with van der Waals surface area (Å²) in [5.41, 5.74) is 2.17. The normalized spacial score (nSPS) is 12.0. The third kappa shape index (κ3) is 5.44. The molecule has 2 rings (SSSR count). The van der Waals surface area contributed by atoms with Crippen LogP contribution in [0.1, 0.15) is 18.1 Å². The van der Waals surface area contributed by atoms with Gasteiger partial charge in [-0.2, -0.15) is 0 Å². The summed E-state index contributed by atoms with van der Waals surface area (Å²) in [6, 6.07) is 19.8. The molecule has 0 bridgehead atoms. The van der Waals surface area contributed by atoms with Crippen molar-refractivity contribution in [2.75, 3.05) is 6.61 Å². The Morgan fingerprint density at radius 1 is 1.05 bits per heavy atom. The molecule has 0 fully saturated rings. The molecule has 3 heteroatoms. The van der Waals surface area contributed by atoms with E-state index in [-0.39, 0.29) is 6.10 Å². The second kappa shape index (κ2) is 8.67. The molecule has 0 radical (unpaired) electrons. The maximum absolute atomic E-state index is 11.6. The average molecular weight is 296 g/mol. The van der Waals surface area contributed by atoms with Crippen LogP contribution >= 0.6 is 0 Å². The maximum atomic E-state index is 11.6. The molecule has 0 heterocycles. The number of carbonyl (C=O) groups is 1. The van der Waals surface area contributed by atoms with Gasteiger partial charge in [-0.25, -0.2) is 4.79 Å². The van der Waals surface area contributed by atoms with Crippen molar-refractivity contribution in [3.05, 3.63) is 77.9 Å². The van der Waals surface area contributed by atoms with Gasteiger partial charge in [0.1, 0.15) is 6.10 Å². The number of hydrogen-bond acceptors (Lipinski definition) is 3. The molecule has 22 heavy (non-hydrogen) atoms. The molecule has 2 aromatic carbocycles. The summed E-state index contributed by atoms with van der Waals surface area (Å²) >= 11 is 0. The Morgan fingerprint density at radius 3 is 2.32 bits per heavy atom. The molecule has 0 amide bonds. The van der Waals surface area contributed by atoms with Crippen LogP contribution in [-0.4, -0.2) is 18.9 Å². The first kappa shape index (κ1) is 15.8. The molecule has 0 aliphatic carbocycles. The minimum atomic E-state index is -0.638. The highest BCUT2D eigenvalue weighted by Gasteiger charge is 2.13. The van der Waals surface area contributed by atoms with Crippen LogP contribution in [0.5, 0.6) is 0 Å². The highest BCUT2D eigenvalue weighted by Crippen LogP contribution is 2.11. The molecule has 0 spiro atoms. The summed E-state index contributed by atoms with van der Waals surface area (Å²) in [4.78, 5) is 11.6. The van der Waals surface area contributed by atoms with Gasteiger partial charge >= 0.3 is 6.16 Å². The number of ether oxygens (including phenoxy) is 2. The van der Waals surface area contributed by atoms with E-state index in [9.17, 15) is 4.79 Å². The Labute approximate surface area is 131 Å². The first-order chi connectivity index (χ1) is 10.8. The van der Waals surface area contributed by atoms with Crippen LogP contribution < -0.4 is 0 Å². The van der Waals surface area contributed by atoms with Gasteiger partial charge < -0.3 is 9.47 Å². The summed E-state index contributed by atoms with van der Waals surface area (Å²) in [6.45, 7) is 2.06. The zero-order chi connectivity index (χ0) is 15.6. The van der Waals surface area contributed by atoms with E-state index in [2.05, 4.69) is 0 Å². The van der Waals surface area contributed by atoms with E-state index >= 15 is 0 Å². The Bertz CT molecular complexity index is 591. The number of benzene rings is 2. The standard InChI is InChI=1S/C19H20O3/c1-2-21-19(20)22-18(15-17-11-7-4-8-12-17)14-13-16-9-5-3-6-10-16/h3-14,18H,2,15H2,1H3/b14-13+. The lowest BCUT2D eigenvalue weighted by Gasteiger charge is -2.14. The lowest BCUT2D eigenvalue weighted by Crippen LogP contribution is -2.19. The zero-order valence-electron chi connectivity index (χ0n) is 12.6. The van der Waals surface area contributed by atoms with Crippen molar-refractivity contribution in [2.45, 2.75) is 19.4 Å². The van der Waals surface area contributed by atoms with Gasteiger partial charge in [-0.1, -0.05) is 66.7 Å². The maximum Gasteiger partial charge on any atom is 0.508 e. The number of rotatable bonds is 6. The Balaban J connectivity index is 2.07. The van der Waals surface area contributed by atoms with E-state index < -0.39 is 6.16 Å². The van der Waals surface area contributed by atoms with Crippen LogP contribution in [0.15, 0.2) is 66.7 Å². The van der Waals surface area contributed by atoms with E-state index in [1.165, 1.54) is 0 Å². The Hall–Kier alpha value is -2.55. The fourth-order valence-electron chi connectivity index (χ4n) is 2.05. The minimum Gasteiger partial charge on any atom is -0.435 e. The smallest absolute Gasteiger partial charge is 0.435 e. The van der Waals surface area contributed by atoms with Crippen LogP contribution in [0.25, 0.3) is 6.08 Å². The van der Waals surface area contributed by atoms with E-state index in [1.807, 2.05) is 72.8 Å². The minimum absolute atomic E-state index is 0.305. The highest BCUT2D eigenvalue weighted by atomic mass is 16.7. The van der Waals surface area contributed by atoms with E-state index in [1.54, 1.807) is 6.92 Å². The molecule has 0 saturated heterocycles. The molecular weight excluding hydrogens is 276 g/mol. The van der Waals surface area contributed by atoms with Gasteiger partial charge in [-0.05, 0) is 24.1 Å². The van der Waals surface area contributed by atoms with Crippen molar-refractivity contribution in [1.29, 1.82) is 0 Å². The van der Waals surface area contributed by atoms with Gasteiger partial charge in [0.15, 0.2) is 0 Å². The summed E-state index contributed by atoms with van der Waals surface area (Å²) in [6.07, 6.45) is 3.46. The van der Waals surface area contributed by atoms with Gasteiger partial charge in [-0.3, -0.25) is 0 Å². The molecule has 1 atom stereocenters. The van der Waals surface area contributed by atoms with Gasteiger partial charge in [-0.15, -0.1) is 0 Å². The van der Waals surface area contributed by atoms with Gasteiger partial charge in [0, 0.05) is 6.42 Å². The largest absolute Gasteiger partial charge is 0.508 e. The monoisotopic (exact) mass is 296 g/mol. The predicted octanol–water partition coefficient (Wildman–Crippen LogP) is 4.48. The fourth-order valence-corrected chi connectivity index (χ4v) is 2.05. The molecule has 114 valence electrons. The topological polar surface area (TPSA) is 35.5 Å². The van der Waals surface area contributed by atoms with Crippen LogP contribution in [0.3, 0.4) is 0 Å². The van der Waals surface area contributed by atoms with Crippen molar-refractivity contribution in [2.24, 2.45) is 0 Å². The summed E-state index contributed by atoms with van der Waals surface area (Å²) in [7, 11) is 0. The molecule has 0 saturated carbocycles. The summed E-state index contributed by atoms with van der Waals surface area (Å²) < 4.78 is 10.2. The van der Waals surface area contributed by atoms with E-state index in [4.69, 9.17) is 9.47 Å². The third-order valence-corrected chi connectivity index (χ3v) is 3.09. The van der Waals surface area contributed by atoms with Crippen LogP contribution in [0.2, 0.25) is 0 Å². The first-order valence-electron chi connectivity index (χ1n) is 7.38. The Kier molecular flexibility index (Phi) is 6.24. The molecule has 0 aliphatic rings. The molecule has 0 N–H and O–H groups in total. The van der Waals surface area contributed by atoms with Crippen molar-refractivity contribution in [1.82, 2.24) is 0 Å². The van der Waals surface area contributed by atoms with Gasteiger partial charge in [0.05, 0.1) is 6.61 Å². The number of carbonyl (C=O) groups excluding carboxylic acids is 1. The summed E-state index contributed by atoms with van der Waals surface area (Å²) in [5.74, 6) is 0. The van der Waals surface area contributed by atoms with Crippen molar-refractivity contribution in [3.8, 4) is 0 Å². The lowest BCUT2D eigenvalue weighted by molar-refractivity contribution is 0.0409. The molecule has 2 aromatic rings. The van der Waals surface area contributed by atoms with E-state index in [0.717, 1.165) is 11.1 Å². The van der Waals surface area contributed by atoms with Crippen LogP contribution in [0.4, 0.5) is 4.79 Å². The SMILES string of the molecule is CCOC(=O)OC(/C=C/c1ccccc1)Cc1ccccc1. The average Bonchev–Trinajstić information content (AvgIpc) is 2.55.